The molecular formula is C14H18O4. The molecule has 2 heterocycles. The largest absolute Gasteiger partial charge is 0.466 e. The van der Waals surface area contributed by atoms with Crippen molar-refractivity contribution in [3.05, 3.63) is 0 Å². The molecule has 4 nitrogen and oxygen atoms in total. The van der Waals surface area contributed by atoms with Crippen molar-refractivity contribution in [2.24, 2.45) is 0 Å². The Balaban J connectivity index is 1.97. The molecule has 18 heavy (non-hydrogen) atoms. The minimum Gasteiger partial charge on any atom is -0.466 e. The molecule has 0 saturated carbocycles. The van der Waals surface area contributed by atoms with Crippen molar-refractivity contribution < 1.29 is 19.1 Å². The highest BCUT2D eigenvalue weighted by Crippen LogP contribution is 2.19. The van der Waals surface area contributed by atoms with Crippen LogP contribution in [-0.4, -0.2) is 30.6 Å². The maximum atomic E-state index is 11.6. The monoisotopic (exact) mass is 250 g/mol. The second-order valence-electron chi connectivity index (χ2n) is 4.73. The van der Waals surface area contributed by atoms with Crippen LogP contribution in [0.2, 0.25) is 0 Å². The highest BCUT2D eigenvalue weighted by Gasteiger charge is 2.26. The lowest BCUT2D eigenvalue weighted by atomic mass is 10.0. The molecule has 2 bridgehead atoms. The molecule has 2 aliphatic rings. The summed E-state index contributed by atoms with van der Waals surface area (Å²) >= 11 is 0. The van der Waals surface area contributed by atoms with Crippen molar-refractivity contribution >= 4 is 11.8 Å². The van der Waals surface area contributed by atoms with Crippen LogP contribution in [0.5, 0.6) is 0 Å². The zero-order valence-corrected chi connectivity index (χ0v) is 10.4. The molecule has 0 N–H and O–H groups in total. The summed E-state index contributed by atoms with van der Waals surface area (Å²) in [5.41, 5.74) is 0. The standard InChI is InChI=1S/C14H18O4/c15-11-9-12-5-3-1-2-4-6-14(16)17-8-7-13(10-11)18-12/h12-13H,1-2,4,6-10H2/t12-,13-/m1/s1. The van der Waals surface area contributed by atoms with E-state index in [1.54, 1.807) is 0 Å². The van der Waals surface area contributed by atoms with Crippen molar-refractivity contribution in [2.45, 2.75) is 57.2 Å². The summed E-state index contributed by atoms with van der Waals surface area (Å²) in [7, 11) is 0. The topological polar surface area (TPSA) is 52.6 Å². The van der Waals surface area contributed by atoms with Crippen LogP contribution in [0.3, 0.4) is 0 Å². The van der Waals surface area contributed by atoms with Crippen molar-refractivity contribution in [3.8, 4) is 11.8 Å². The molecule has 0 aliphatic carbocycles. The van der Waals surface area contributed by atoms with Gasteiger partial charge in [-0.25, -0.2) is 0 Å². The molecule has 2 atom stereocenters. The summed E-state index contributed by atoms with van der Waals surface area (Å²) in [5, 5.41) is 0. The second-order valence-corrected chi connectivity index (χ2v) is 4.73. The van der Waals surface area contributed by atoms with Crippen LogP contribution < -0.4 is 0 Å². The van der Waals surface area contributed by atoms with Crippen molar-refractivity contribution in [3.63, 3.8) is 0 Å². The number of ketones is 1. The molecule has 0 aromatic rings. The van der Waals surface area contributed by atoms with Crippen LogP contribution in [0.4, 0.5) is 0 Å². The summed E-state index contributed by atoms with van der Waals surface area (Å²) < 4.78 is 10.8. The highest BCUT2D eigenvalue weighted by atomic mass is 16.5. The average molecular weight is 250 g/mol. The molecule has 2 aliphatic heterocycles. The predicted octanol–water partition coefficient (Wildman–Crippen LogP) is 1.61. The van der Waals surface area contributed by atoms with Gasteiger partial charge in [-0.15, -0.1) is 5.92 Å². The van der Waals surface area contributed by atoms with Crippen LogP contribution in [0.15, 0.2) is 0 Å². The number of fused-ring (bicyclic) bond motifs is 2. The van der Waals surface area contributed by atoms with Gasteiger partial charge >= 0.3 is 5.97 Å². The van der Waals surface area contributed by atoms with Gasteiger partial charge in [0.1, 0.15) is 11.9 Å². The summed E-state index contributed by atoms with van der Waals surface area (Å²) in [6.45, 7) is 0.330. The average Bonchev–Trinajstić information content (AvgIpc) is 2.33. The molecule has 1 fully saturated rings. The number of hydrogen-bond donors (Lipinski definition) is 0. The first-order valence-electron chi connectivity index (χ1n) is 6.55. The molecule has 1 saturated heterocycles. The smallest absolute Gasteiger partial charge is 0.305 e. The minimum absolute atomic E-state index is 0.154. The number of carbonyl (C=O) groups is 2. The molecule has 98 valence electrons. The van der Waals surface area contributed by atoms with E-state index in [1.165, 1.54) is 0 Å². The van der Waals surface area contributed by atoms with E-state index in [2.05, 4.69) is 11.8 Å². The Morgan fingerprint density at radius 3 is 2.94 bits per heavy atom. The molecule has 0 amide bonds. The second kappa shape index (κ2) is 6.55. The van der Waals surface area contributed by atoms with Gasteiger partial charge in [-0.3, -0.25) is 9.59 Å². The first-order chi connectivity index (χ1) is 8.74. The Kier molecular flexibility index (Phi) is 4.77. The lowest BCUT2D eigenvalue weighted by molar-refractivity contribution is -0.145. The van der Waals surface area contributed by atoms with Gasteiger partial charge < -0.3 is 9.47 Å². The van der Waals surface area contributed by atoms with Crippen molar-refractivity contribution in [1.82, 2.24) is 0 Å². The lowest BCUT2D eigenvalue weighted by Crippen LogP contribution is -2.33. The van der Waals surface area contributed by atoms with Gasteiger partial charge in [0.25, 0.3) is 0 Å². The Morgan fingerprint density at radius 1 is 1.17 bits per heavy atom. The van der Waals surface area contributed by atoms with Gasteiger partial charge in [0.2, 0.25) is 0 Å². The number of hydrogen-bond acceptors (Lipinski definition) is 4. The van der Waals surface area contributed by atoms with E-state index in [4.69, 9.17) is 9.47 Å². The van der Waals surface area contributed by atoms with Crippen LogP contribution in [0, 0.1) is 11.8 Å². The fourth-order valence-corrected chi connectivity index (χ4v) is 2.17. The predicted molar refractivity (Wildman–Crippen MR) is 64.7 cm³/mol. The van der Waals surface area contributed by atoms with Gasteiger partial charge in [0.15, 0.2) is 0 Å². The Bertz CT molecular complexity index is 377. The molecule has 0 aromatic heterocycles. The van der Waals surface area contributed by atoms with Gasteiger partial charge in [-0.05, 0) is 12.8 Å². The number of rotatable bonds is 0. The maximum absolute atomic E-state index is 11.6. The molecule has 4 heteroatoms. The summed E-state index contributed by atoms with van der Waals surface area (Å²) in [6.07, 6.45) is 3.84. The number of carbonyl (C=O) groups excluding carboxylic acids is 2. The van der Waals surface area contributed by atoms with E-state index < -0.39 is 0 Å². The summed E-state index contributed by atoms with van der Waals surface area (Å²) in [4.78, 5) is 22.9. The fourth-order valence-electron chi connectivity index (χ4n) is 2.17. The number of esters is 1. The molecule has 0 aromatic carbocycles. The molecule has 0 unspecified atom stereocenters. The van der Waals surface area contributed by atoms with E-state index in [-0.39, 0.29) is 24.0 Å². The number of Topliss-reactive ketones (excluding diaryl/α,β-unsaturated/α-hetero) is 1. The number of ether oxygens (including phenoxy) is 2. The van der Waals surface area contributed by atoms with Crippen molar-refractivity contribution in [1.29, 1.82) is 0 Å². The Labute approximate surface area is 107 Å². The molecule has 0 radical (unpaired) electrons. The van der Waals surface area contributed by atoms with Crippen LogP contribution >= 0.6 is 0 Å². The van der Waals surface area contributed by atoms with Gasteiger partial charge in [0, 0.05) is 32.1 Å². The van der Waals surface area contributed by atoms with Crippen LogP contribution in [0.25, 0.3) is 0 Å². The third-order valence-electron chi connectivity index (χ3n) is 3.12. The summed E-state index contributed by atoms with van der Waals surface area (Å²) in [6, 6.07) is 0. The Morgan fingerprint density at radius 2 is 2.06 bits per heavy atom. The van der Waals surface area contributed by atoms with E-state index in [1.807, 2.05) is 0 Å². The first kappa shape index (κ1) is 13.1. The maximum Gasteiger partial charge on any atom is 0.305 e. The fraction of sp³-hybridized carbons (Fsp3) is 0.714. The van der Waals surface area contributed by atoms with Gasteiger partial charge in [-0.2, -0.15) is 0 Å². The van der Waals surface area contributed by atoms with Gasteiger partial charge in [-0.1, -0.05) is 5.92 Å². The molecule has 2 rings (SSSR count). The molecule has 0 spiro atoms. The molecular weight excluding hydrogens is 232 g/mol. The van der Waals surface area contributed by atoms with E-state index >= 15 is 0 Å². The third-order valence-corrected chi connectivity index (χ3v) is 3.12. The van der Waals surface area contributed by atoms with Crippen molar-refractivity contribution in [2.75, 3.05) is 6.61 Å². The zero-order valence-electron chi connectivity index (χ0n) is 10.4. The van der Waals surface area contributed by atoms with Crippen LogP contribution in [0.1, 0.15) is 44.9 Å². The zero-order chi connectivity index (χ0) is 12.8. The van der Waals surface area contributed by atoms with E-state index in [0.29, 0.717) is 32.3 Å². The highest BCUT2D eigenvalue weighted by molar-refractivity contribution is 5.80. The first-order valence-corrected chi connectivity index (χ1v) is 6.55. The van der Waals surface area contributed by atoms with Crippen LogP contribution in [-0.2, 0) is 19.1 Å². The quantitative estimate of drug-likeness (QED) is 0.484. The minimum atomic E-state index is -0.271. The number of cyclic esters (lactones) is 1. The summed E-state index contributed by atoms with van der Waals surface area (Å²) in [5.74, 6) is 6.07. The normalized spacial score (nSPS) is 30.0. The van der Waals surface area contributed by atoms with Gasteiger partial charge in [0.05, 0.1) is 12.7 Å². The lowest BCUT2D eigenvalue weighted by Gasteiger charge is -2.26. The van der Waals surface area contributed by atoms with E-state index in [0.717, 1.165) is 19.3 Å². The third kappa shape index (κ3) is 4.15. The Hall–Kier alpha value is -1.34. The van der Waals surface area contributed by atoms with E-state index in [9.17, 15) is 9.59 Å². The SMILES string of the molecule is O=C1C[C@H]2CCOC(=O)CCCCC#C[C@H](C1)O2.